The molecule has 147 heavy (non-hydrogen) atoms. The van der Waals surface area contributed by atoms with Crippen molar-refractivity contribution in [3.8, 4) is 0 Å². The number of carboxylic acid groups (broad SMARTS) is 1. The largest absolute Gasteiger partial charge is 1.00 e. The summed E-state index contributed by atoms with van der Waals surface area (Å²) in [7, 11) is 0. The van der Waals surface area contributed by atoms with E-state index in [9.17, 15) is 52.7 Å². The van der Waals surface area contributed by atoms with Gasteiger partial charge >= 0.3 is 83.0 Å². The number of nitrogens with zero attached hydrogens (tertiary/aromatic N) is 6. The van der Waals surface area contributed by atoms with Crippen molar-refractivity contribution in [1.82, 2.24) is 32.9 Å². The van der Waals surface area contributed by atoms with Crippen LogP contribution in [0.2, 0.25) is 20.1 Å². The van der Waals surface area contributed by atoms with Crippen LogP contribution in [-0.2, 0) is 99.7 Å². The number of aldehydes is 3. The molecule has 0 amide bonds. The topological polar surface area (TPSA) is 446 Å². The van der Waals surface area contributed by atoms with Gasteiger partial charge in [-0.05, 0) is 247 Å². The van der Waals surface area contributed by atoms with Gasteiger partial charge in [-0.15, -0.1) is 0 Å². The Hall–Kier alpha value is -6.63. The molecule has 0 saturated carbocycles. The van der Waals surface area contributed by atoms with Crippen LogP contribution in [-0.4, -0.2) is 286 Å². The summed E-state index contributed by atoms with van der Waals surface area (Å²) in [5, 5.41) is 46.2. The number of hydrogen-bond donors (Lipinski definition) is 6. The van der Waals surface area contributed by atoms with E-state index in [1.807, 2.05) is 107 Å². The molecule has 7 N–H and O–H groups in total. The molecule has 4 fully saturated rings. The number of pyridine rings is 3. The fourth-order valence-electron chi connectivity index (χ4n) is 12.3. The summed E-state index contributed by atoms with van der Waals surface area (Å²) >= 11 is 32.5. The van der Waals surface area contributed by atoms with E-state index < -0.39 is 17.9 Å². The number of ketones is 4. The number of aliphatic hydroxyl groups is 4. The molecule has 7 aromatic rings. The molecule has 7 aromatic heterocycles. The van der Waals surface area contributed by atoms with E-state index in [2.05, 4.69) is 53.7 Å². The summed E-state index contributed by atoms with van der Waals surface area (Å²) in [6.45, 7) is 56.4. The number of aliphatic hydroxyl groups excluding tert-OH is 4. The molecule has 6 aliphatic rings. The van der Waals surface area contributed by atoms with Crippen LogP contribution in [0.3, 0.4) is 0 Å². The van der Waals surface area contributed by atoms with E-state index in [0.717, 1.165) is 155 Å². The first-order valence-electron chi connectivity index (χ1n) is 46.2. The molecule has 43 heteroatoms. The number of nitrogens with one attached hydrogen (secondary N) is 1. The van der Waals surface area contributed by atoms with E-state index in [1.165, 1.54) is 51.2 Å². The number of aromatic nitrogens is 4. The number of rotatable bonds is 20. The molecule has 4 saturated heterocycles. The van der Waals surface area contributed by atoms with Crippen LogP contribution in [0.15, 0.2) is 120 Å². The van der Waals surface area contributed by atoms with Crippen molar-refractivity contribution in [3.05, 3.63) is 197 Å². The summed E-state index contributed by atoms with van der Waals surface area (Å²) in [5.41, 5.74) is 11.7. The van der Waals surface area contributed by atoms with Crippen LogP contribution in [0.5, 0.6) is 0 Å². The summed E-state index contributed by atoms with van der Waals surface area (Å²) in [5.74, 6) is -2.44. The van der Waals surface area contributed by atoms with Gasteiger partial charge in [-0.25, -0.2) is 14.4 Å². The molecular formula is C104H155BBrCl5N7Na2O26Ti. The maximum absolute atomic E-state index is 12.6. The van der Waals surface area contributed by atoms with Crippen LogP contribution < -0.4 is 64.4 Å². The van der Waals surface area contributed by atoms with Crippen molar-refractivity contribution in [1.29, 1.82) is 0 Å². The van der Waals surface area contributed by atoms with Gasteiger partial charge in [0.15, 0.2) is 12.1 Å². The molecule has 0 spiro atoms. The Labute approximate surface area is 964 Å². The van der Waals surface area contributed by atoms with Crippen molar-refractivity contribution in [2.45, 2.75) is 248 Å². The minimum Gasteiger partial charge on any atom is -1.00 e. The number of halogens is 6. The average molecular weight is 2280 g/mol. The normalized spacial score (nSPS) is 13.2. The maximum Gasteiger partial charge on any atom is 1.00 e. The van der Waals surface area contributed by atoms with E-state index in [-0.39, 0.29) is 194 Å². The van der Waals surface area contributed by atoms with Gasteiger partial charge in [0.25, 0.3) is 5.97 Å². The van der Waals surface area contributed by atoms with Crippen LogP contribution in [0.4, 0.5) is 0 Å². The standard InChI is InChI=1S/C19H25ClN2O3.C19H23ClN2O3.C14H14ClNO3.C8H8ClNO2.C6H5ClO.C6H10O3.C6H6O.C4H9NO.C4H8O.C3H5BrO.4C3H8O.C2H4O2.CH4.B.2Na.H2O.Ti.H/c2*1-12(2)25-19(23)17-10-16-9-15(20)11-22(16)18(13(17)3)14(4)21-5-7-24-8-6-21;1-4-19-14(18)12-6-11-5-10(15)7-16(11)13(8(12)2)9(3)17;1-6(12)3-10-4-7(9)2-8(10)5-11;7-6-2-1-5(3-6)4-8;1-3-9-6(8)4-5(2)7;7-5-6-3-1-2-4-6;1-3-6-4-2-5-1;1-2-4-5-3-1;1-3(5)2-4;4*1-3(2)4;1-2(3)4;;;;;;;/h9-12,14H,5-8H2,1-4H3;9-12H,4-8H2,1-3H3;5-7H,4H2,1-3H3;2,4-5H,3H2,1H3;2-4H,1H2;3-4H2,1-2H3;1-3,5H,4H2;5H,1-4H2;1-4H2;2H2,1H3;4*3-4H,1-2H3;1H3,(H,3,4);1H4;;;;1H2;;/q;;;;;;;;;;;;;;;;;2*+1;;;-1/p-1. The number of carbonyl (C=O) groups is 12. The van der Waals surface area contributed by atoms with Gasteiger partial charge in [-0.2, -0.15) is 0 Å². The summed E-state index contributed by atoms with van der Waals surface area (Å²) in [4.78, 5) is 134. The molecule has 1 atom stereocenters. The fourth-order valence-corrected chi connectivity index (χ4v) is 13.4. The third kappa shape index (κ3) is 69.6. The number of ether oxygens (including phenoxy) is 8. The molecule has 11 heterocycles. The molecule has 2 aliphatic carbocycles. The van der Waals surface area contributed by atoms with E-state index in [4.69, 9.17) is 121 Å². The fraction of sp³-hybridized carbons (Fsp3) is 0.519. The van der Waals surface area contributed by atoms with Crippen LogP contribution in [0.25, 0.3) is 22.2 Å². The predicted molar refractivity (Wildman–Crippen MR) is 575 cm³/mol. The third-order valence-electron chi connectivity index (χ3n) is 17.9. The number of carbonyl (C=O) groups excluding carboxylic acids is 11. The Balaban J connectivity index is -0.000000210. The maximum atomic E-state index is 12.6. The molecule has 0 bridgehead atoms. The zero-order valence-electron chi connectivity index (χ0n) is 90.4. The Kier molecular flexibility index (Phi) is 94.0. The van der Waals surface area contributed by atoms with Gasteiger partial charge < -0.3 is 98.3 Å². The number of alkyl halides is 1. The molecule has 1 unspecified atom stereocenters. The summed E-state index contributed by atoms with van der Waals surface area (Å²) in [6, 6.07) is 12.5. The van der Waals surface area contributed by atoms with Crippen LogP contribution >= 0.6 is 73.9 Å². The summed E-state index contributed by atoms with van der Waals surface area (Å²) < 4.78 is 48.5. The number of hydrogen-bond acceptors (Lipinski definition) is 28. The van der Waals surface area contributed by atoms with Crippen LogP contribution in [0, 0.1) is 20.8 Å². The van der Waals surface area contributed by atoms with Crippen LogP contribution in [0.1, 0.15) is 266 Å². The third-order valence-corrected chi connectivity index (χ3v) is 19.8. The van der Waals surface area contributed by atoms with E-state index in [0.29, 0.717) is 109 Å². The Morgan fingerprint density at radius 3 is 1.22 bits per heavy atom. The van der Waals surface area contributed by atoms with Crippen molar-refractivity contribution in [3.63, 3.8) is 0 Å². The van der Waals surface area contributed by atoms with E-state index >= 15 is 0 Å². The monoisotopic (exact) mass is 2280 g/mol. The van der Waals surface area contributed by atoms with Crippen molar-refractivity contribution >= 4 is 176 Å². The van der Waals surface area contributed by atoms with Gasteiger partial charge in [0.2, 0.25) is 0 Å². The summed E-state index contributed by atoms with van der Waals surface area (Å²) in [6.07, 6.45) is 21.5. The number of allylic oxidation sites excluding steroid dienone is 8. The molecule has 13 rings (SSSR count). The zero-order chi connectivity index (χ0) is 108. The number of Topliss-reactive ketones (excluding diaryl/α,β-unsaturated/α-hetero) is 4. The molecule has 33 nitrogen and oxygen atoms in total. The Morgan fingerprint density at radius 1 is 0.524 bits per heavy atom. The Morgan fingerprint density at radius 2 is 0.905 bits per heavy atom. The first-order chi connectivity index (χ1) is 66.2. The van der Waals surface area contributed by atoms with Gasteiger partial charge in [0.05, 0.1) is 136 Å². The first kappa shape index (κ1) is 156. The molecule has 3 radical (unpaired) electrons. The second-order valence-corrected chi connectivity index (χ2v) is 36.0. The number of carboxylic acids is 1. The SMILES string of the molecule is C.C1CCOC1.C1COCCN1.C=C(c1c(C)c(C(=O)OC(C)C)cc2cc(Cl)cn12)N1CCOCC1.CC(=O)CBr.CC(=O)Cn1cc(Cl)cc1C=O.CC(=O)O.CC(C)O.CC(C)O.CC(C)O.CC(C)O.CCOC(=O)CC(C)=O.CCOC(=O)c1cc2cc(Cl)cn2c(C(C)=O)c1C.Cc1c(C(=O)OC(C)C)cc2cc(Cl)cn2c1C(C)N1CCOCC1.O=CC1=CC(Cl)=CC1.O=CC1=CC=CC1.[B].[H-].[Na+].[Na+].[OH-].[Ti]. The Bertz CT molecular complexity index is 5140. The minimum atomic E-state index is -0.833. The average Bonchev–Trinajstić information content (AvgIpc) is 1.61. The minimum absolute atomic E-state index is 0. The molecule has 4 aliphatic heterocycles. The molecule has 813 valence electrons. The van der Waals surface area contributed by atoms with Crippen molar-refractivity contribution in [2.24, 2.45) is 0 Å². The van der Waals surface area contributed by atoms with Gasteiger partial charge in [-0.3, -0.25) is 48.1 Å². The van der Waals surface area contributed by atoms with Gasteiger partial charge in [-0.1, -0.05) is 112 Å². The van der Waals surface area contributed by atoms with Gasteiger partial charge in [0.1, 0.15) is 36.3 Å². The second-order valence-electron chi connectivity index (χ2n) is 33.3. The number of esters is 4. The van der Waals surface area contributed by atoms with Gasteiger partial charge in [0, 0.05) is 179 Å². The smallest absolute Gasteiger partial charge is 1.00 e. The molecule has 0 aromatic carbocycles. The van der Waals surface area contributed by atoms with Crippen molar-refractivity contribution in [2.75, 3.05) is 111 Å². The van der Waals surface area contributed by atoms with E-state index in [1.54, 1.807) is 111 Å². The second kappa shape index (κ2) is 88.8. The number of morpholine rings is 3. The predicted octanol–water partition coefficient (Wildman–Crippen LogP) is 12.9. The van der Waals surface area contributed by atoms with Crippen molar-refractivity contribution < 1.29 is 209 Å². The zero-order valence-corrected chi connectivity index (χ0v) is 100. The molecular weight excluding hydrogens is 2120 g/mol. The quantitative estimate of drug-likeness (QED) is 0.00785. The number of aliphatic carboxylic acids is 1. The number of fused-ring (bicyclic) bond motifs is 3. The first-order valence-corrected chi connectivity index (χ1v) is 49.2.